The Balaban J connectivity index is 1.62. The zero-order chi connectivity index (χ0) is 20.8. The van der Waals surface area contributed by atoms with E-state index in [1.165, 1.54) is 0 Å². The number of carbonyl (C=O) groups excluding carboxylic acids is 2. The van der Waals surface area contributed by atoms with Gasteiger partial charge in [-0.1, -0.05) is 12.1 Å². The predicted octanol–water partition coefficient (Wildman–Crippen LogP) is 3.19. The number of nitrogens with one attached hydrogen (secondary N) is 2. The summed E-state index contributed by atoms with van der Waals surface area (Å²) >= 11 is 0. The second kappa shape index (κ2) is 9.14. The van der Waals surface area contributed by atoms with E-state index in [0.717, 1.165) is 16.7 Å². The Kier molecular flexibility index (Phi) is 6.39. The van der Waals surface area contributed by atoms with Crippen LogP contribution < -0.4 is 10.6 Å². The van der Waals surface area contributed by atoms with Crippen LogP contribution in [0.25, 0.3) is 0 Å². The van der Waals surface area contributed by atoms with Gasteiger partial charge in [0.15, 0.2) is 0 Å². The Morgan fingerprint density at radius 1 is 1.21 bits per heavy atom. The summed E-state index contributed by atoms with van der Waals surface area (Å²) in [6.07, 6.45) is 8.02. The lowest BCUT2D eigenvalue weighted by Crippen LogP contribution is -2.26. The Morgan fingerprint density at radius 3 is 2.72 bits per heavy atom. The van der Waals surface area contributed by atoms with E-state index in [2.05, 4.69) is 20.7 Å². The number of anilines is 1. The van der Waals surface area contributed by atoms with Crippen LogP contribution in [-0.4, -0.2) is 26.6 Å². The van der Waals surface area contributed by atoms with Crippen molar-refractivity contribution in [2.24, 2.45) is 7.05 Å². The van der Waals surface area contributed by atoms with E-state index in [0.29, 0.717) is 24.1 Å². The lowest BCUT2D eigenvalue weighted by atomic mass is 10.1. The van der Waals surface area contributed by atoms with Crippen LogP contribution in [0.2, 0.25) is 0 Å². The molecule has 2 amide bonds. The molecular weight excluding hydrogens is 366 g/mol. The van der Waals surface area contributed by atoms with E-state index in [1.54, 1.807) is 35.4 Å². The molecule has 7 heteroatoms. The average molecular weight is 391 g/mol. The Bertz CT molecular complexity index is 997. The van der Waals surface area contributed by atoms with Gasteiger partial charge in [0.1, 0.15) is 0 Å². The monoisotopic (exact) mass is 391 g/mol. The van der Waals surface area contributed by atoms with Crippen molar-refractivity contribution >= 4 is 17.5 Å². The number of pyridine rings is 1. The summed E-state index contributed by atoms with van der Waals surface area (Å²) in [6, 6.07) is 8.93. The fraction of sp³-hybridized carbons (Fsp3) is 0.273. The standard InChI is InChI=1S/C22H25N5O2/c1-15-6-8-18(22(29)25-16(2)19-13-24-27(3)14-19)11-20(15)26-21(28)9-7-17-5-4-10-23-12-17/h4-6,8,10-14,16H,7,9H2,1-3H3,(H,25,29)(H,26,28). The van der Waals surface area contributed by atoms with Crippen molar-refractivity contribution in [1.29, 1.82) is 0 Å². The van der Waals surface area contributed by atoms with Crippen LogP contribution in [0.5, 0.6) is 0 Å². The lowest BCUT2D eigenvalue weighted by Gasteiger charge is -2.14. The third-order valence-corrected chi connectivity index (χ3v) is 4.71. The fourth-order valence-electron chi connectivity index (χ4n) is 2.94. The van der Waals surface area contributed by atoms with Crippen LogP contribution in [0.15, 0.2) is 55.1 Å². The summed E-state index contributed by atoms with van der Waals surface area (Å²) in [6.45, 7) is 3.81. The summed E-state index contributed by atoms with van der Waals surface area (Å²) in [5, 5.41) is 10.0. The van der Waals surface area contributed by atoms with Crippen LogP contribution in [0.3, 0.4) is 0 Å². The highest BCUT2D eigenvalue weighted by molar-refractivity contribution is 5.98. The number of rotatable bonds is 7. The molecular formula is C22H25N5O2. The van der Waals surface area contributed by atoms with Gasteiger partial charge in [0.2, 0.25) is 5.91 Å². The fourth-order valence-corrected chi connectivity index (χ4v) is 2.94. The zero-order valence-electron chi connectivity index (χ0n) is 16.8. The number of aromatic nitrogens is 3. The van der Waals surface area contributed by atoms with Gasteiger partial charge in [-0.2, -0.15) is 5.10 Å². The van der Waals surface area contributed by atoms with Gasteiger partial charge < -0.3 is 10.6 Å². The molecule has 3 aromatic rings. The summed E-state index contributed by atoms with van der Waals surface area (Å²) in [4.78, 5) is 29.0. The van der Waals surface area contributed by atoms with E-state index in [9.17, 15) is 9.59 Å². The van der Waals surface area contributed by atoms with Gasteiger partial charge in [-0.05, 0) is 49.6 Å². The lowest BCUT2D eigenvalue weighted by molar-refractivity contribution is -0.116. The van der Waals surface area contributed by atoms with Crippen molar-refractivity contribution < 1.29 is 9.59 Å². The molecule has 150 valence electrons. The van der Waals surface area contributed by atoms with Crippen LogP contribution in [0.4, 0.5) is 5.69 Å². The van der Waals surface area contributed by atoms with E-state index >= 15 is 0 Å². The molecule has 0 radical (unpaired) electrons. The first kappa shape index (κ1) is 20.3. The maximum atomic E-state index is 12.6. The highest BCUT2D eigenvalue weighted by atomic mass is 16.2. The topological polar surface area (TPSA) is 88.9 Å². The van der Waals surface area contributed by atoms with Crippen molar-refractivity contribution in [3.63, 3.8) is 0 Å². The maximum Gasteiger partial charge on any atom is 0.251 e. The predicted molar refractivity (Wildman–Crippen MR) is 111 cm³/mol. The minimum absolute atomic E-state index is 0.0989. The second-order valence-electron chi connectivity index (χ2n) is 7.08. The number of benzene rings is 1. The highest BCUT2D eigenvalue weighted by Crippen LogP contribution is 2.19. The molecule has 0 saturated heterocycles. The molecule has 0 aliphatic carbocycles. The van der Waals surface area contributed by atoms with Crippen molar-refractivity contribution in [3.05, 3.63) is 77.4 Å². The second-order valence-corrected chi connectivity index (χ2v) is 7.08. The number of amides is 2. The van der Waals surface area contributed by atoms with E-state index in [-0.39, 0.29) is 17.9 Å². The van der Waals surface area contributed by atoms with Crippen molar-refractivity contribution in [1.82, 2.24) is 20.1 Å². The third-order valence-electron chi connectivity index (χ3n) is 4.71. The quantitative estimate of drug-likeness (QED) is 0.647. The molecule has 0 aliphatic heterocycles. The molecule has 2 N–H and O–H groups in total. The van der Waals surface area contributed by atoms with Crippen molar-refractivity contribution in [2.45, 2.75) is 32.7 Å². The van der Waals surface area contributed by atoms with Gasteiger partial charge >= 0.3 is 0 Å². The summed E-state index contributed by atoms with van der Waals surface area (Å²) in [5.41, 5.74) is 3.97. The molecule has 0 spiro atoms. The SMILES string of the molecule is Cc1ccc(C(=O)NC(C)c2cnn(C)c2)cc1NC(=O)CCc1cccnc1. The molecule has 7 nitrogen and oxygen atoms in total. The molecule has 29 heavy (non-hydrogen) atoms. The number of nitrogens with zero attached hydrogens (tertiary/aromatic N) is 3. The normalized spacial score (nSPS) is 11.7. The first-order valence-electron chi connectivity index (χ1n) is 9.51. The molecule has 0 aliphatic rings. The van der Waals surface area contributed by atoms with Gasteiger partial charge in [0, 0.05) is 48.9 Å². The summed E-state index contributed by atoms with van der Waals surface area (Å²) in [7, 11) is 1.83. The molecule has 1 aromatic carbocycles. The van der Waals surface area contributed by atoms with Crippen LogP contribution in [0.1, 0.15) is 46.4 Å². The summed E-state index contributed by atoms with van der Waals surface area (Å²) < 4.78 is 1.70. The van der Waals surface area contributed by atoms with E-state index in [4.69, 9.17) is 0 Å². The molecule has 2 heterocycles. The number of hydrogen-bond donors (Lipinski definition) is 2. The van der Waals surface area contributed by atoms with E-state index in [1.807, 2.05) is 45.3 Å². The molecule has 2 aromatic heterocycles. The third kappa shape index (κ3) is 5.51. The van der Waals surface area contributed by atoms with Gasteiger partial charge in [-0.15, -0.1) is 0 Å². The van der Waals surface area contributed by atoms with Crippen molar-refractivity contribution in [2.75, 3.05) is 5.32 Å². The first-order valence-corrected chi connectivity index (χ1v) is 9.51. The molecule has 3 rings (SSSR count). The molecule has 1 atom stereocenters. The Labute approximate surface area is 170 Å². The summed E-state index contributed by atoms with van der Waals surface area (Å²) in [5.74, 6) is -0.301. The number of hydrogen-bond acceptors (Lipinski definition) is 4. The Morgan fingerprint density at radius 2 is 2.03 bits per heavy atom. The molecule has 1 unspecified atom stereocenters. The van der Waals surface area contributed by atoms with Gasteiger partial charge in [0.25, 0.3) is 5.91 Å². The molecule has 0 bridgehead atoms. The van der Waals surface area contributed by atoms with Crippen LogP contribution in [-0.2, 0) is 18.3 Å². The average Bonchev–Trinajstić information content (AvgIpc) is 3.15. The minimum Gasteiger partial charge on any atom is -0.345 e. The van der Waals surface area contributed by atoms with Crippen LogP contribution in [0, 0.1) is 6.92 Å². The van der Waals surface area contributed by atoms with Gasteiger partial charge in [-0.25, -0.2) is 0 Å². The highest BCUT2D eigenvalue weighted by Gasteiger charge is 2.14. The molecule has 0 fully saturated rings. The number of carbonyl (C=O) groups is 2. The number of aryl methyl sites for hydroxylation is 3. The van der Waals surface area contributed by atoms with Crippen LogP contribution >= 0.6 is 0 Å². The van der Waals surface area contributed by atoms with Gasteiger partial charge in [-0.3, -0.25) is 19.3 Å². The smallest absolute Gasteiger partial charge is 0.251 e. The maximum absolute atomic E-state index is 12.6. The zero-order valence-corrected chi connectivity index (χ0v) is 16.8. The van der Waals surface area contributed by atoms with Crippen molar-refractivity contribution in [3.8, 4) is 0 Å². The minimum atomic E-state index is -0.202. The first-order chi connectivity index (χ1) is 13.9. The largest absolute Gasteiger partial charge is 0.345 e. The van der Waals surface area contributed by atoms with E-state index < -0.39 is 0 Å². The Hall–Kier alpha value is -3.48. The molecule has 0 saturated carbocycles. The van der Waals surface area contributed by atoms with Gasteiger partial charge in [0.05, 0.1) is 12.2 Å².